The molecule has 0 saturated heterocycles. The van der Waals surface area contributed by atoms with E-state index in [0.717, 1.165) is 10.0 Å². The highest BCUT2D eigenvalue weighted by molar-refractivity contribution is 9.11. The summed E-state index contributed by atoms with van der Waals surface area (Å²) in [5.74, 6) is -0.210. The molecule has 0 aliphatic rings. The van der Waals surface area contributed by atoms with Crippen LogP contribution in [0.15, 0.2) is 28.7 Å². The Hall–Kier alpha value is -0.190. The number of aryl methyl sites for hydroxylation is 2. The van der Waals surface area contributed by atoms with Crippen molar-refractivity contribution in [1.29, 1.82) is 0 Å². The van der Waals surface area contributed by atoms with Gasteiger partial charge >= 0.3 is 0 Å². The summed E-state index contributed by atoms with van der Waals surface area (Å²) in [6.07, 6.45) is 0. The Kier molecular flexibility index (Phi) is 4.06. The van der Waals surface area contributed by atoms with Crippen molar-refractivity contribution in [3.8, 4) is 0 Å². The second-order valence-corrected chi connectivity index (χ2v) is 6.99. The van der Waals surface area contributed by atoms with E-state index in [-0.39, 0.29) is 10.6 Å². The molecular weight excluding hydrogens is 367 g/mol. The summed E-state index contributed by atoms with van der Waals surface area (Å²) in [5, 5.41) is 0. The lowest BCUT2D eigenvalue weighted by Gasteiger charge is -2.12. The number of thiophene rings is 1. The predicted molar refractivity (Wildman–Crippen MR) is 78.7 cm³/mol. The van der Waals surface area contributed by atoms with Crippen LogP contribution in [0, 0.1) is 19.7 Å². The van der Waals surface area contributed by atoms with Gasteiger partial charge in [0.15, 0.2) is 0 Å². The van der Waals surface area contributed by atoms with Crippen LogP contribution < -0.4 is 0 Å². The summed E-state index contributed by atoms with van der Waals surface area (Å²) in [6.45, 7) is 4.17. The molecule has 1 atom stereocenters. The molecule has 1 unspecified atom stereocenters. The molecule has 0 nitrogen and oxygen atoms in total. The van der Waals surface area contributed by atoms with Gasteiger partial charge in [0, 0.05) is 14.2 Å². The summed E-state index contributed by atoms with van der Waals surface area (Å²) in [7, 11) is 0. The highest BCUT2D eigenvalue weighted by atomic mass is 79.9. The first-order valence-corrected chi connectivity index (χ1v) is 7.67. The molecule has 0 fully saturated rings. The van der Waals surface area contributed by atoms with Gasteiger partial charge in [-0.25, -0.2) is 4.39 Å². The first-order chi connectivity index (χ1) is 7.99. The Bertz CT molecular complexity index is 548. The summed E-state index contributed by atoms with van der Waals surface area (Å²) in [6, 6.07) is 6.92. The van der Waals surface area contributed by atoms with Crippen LogP contribution in [0.3, 0.4) is 0 Å². The third kappa shape index (κ3) is 2.80. The van der Waals surface area contributed by atoms with Crippen molar-refractivity contribution < 1.29 is 4.39 Å². The van der Waals surface area contributed by atoms with Crippen molar-refractivity contribution in [2.75, 3.05) is 0 Å². The minimum Gasteiger partial charge on any atom is -0.207 e. The molecule has 1 heterocycles. The standard InChI is InChI=1S/C13H11Br2FS/c1-7-5-8(2)17-13(7)12(15)10-6-9(16)3-4-11(10)14/h3-6,12H,1-2H3. The van der Waals surface area contributed by atoms with E-state index in [1.54, 1.807) is 23.5 Å². The molecule has 0 aliphatic heterocycles. The van der Waals surface area contributed by atoms with Crippen LogP contribution in [-0.4, -0.2) is 0 Å². The zero-order valence-electron chi connectivity index (χ0n) is 9.43. The number of hydrogen-bond acceptors (Lipinski definition) is 1. The fraction of sp³-hybridized carbons (Fsp3) is 0.231. The van der Waals surface area contributed by atoms with Crippen LogP contribution in [0.5, 0.6) is 0 Å². The normalized spacial score (nSPS) is 12.8. The highest BCUT2D eigenvalue weighted by Crippen LogP contribution is 2.40. The van der Waals surface area contributed by atoms with Gasteiger partial charge in [-0.15, -0.1) is 11.3 Å². The Balaban J connectivity index is 2.46. The molecule has 17 heavy (non-hydrogen) atoms. The molecule has 0 N–H and O–H groups in total. The van der Waals surface area contributed by atoms with Gasteiger partial charge in [-0.05, 0) is 49.2 Å². The molecule has 0 spiro atoms. The van der Waals surface area contributed by atoms with Crippen LogP contribution in [0.2, 0.25) is 0 Å². The van der Waals surface area contributed by atoms with Gasteiger partial charge in [0.25, 0.3) is 0 Å². The molecule has 0 aliphatic carbocycles. The van der Waals surface area contributed by atoms with Crippen molar-refractivity contribution in [3.05, 3.63) is 55.4 Å². The summed E-state index contributed by atoms with van der Waals surface area (Å²) in [5.41, 5.74) is 2.17. The van der Waals surface area contributed by atoms with E-state index in [0.29, 0.717) is 0 Å². The smallest absolute Gasteiger partial charge is 0.123 e. The van der Waals surface area contributed by atoms with Crippen molar-refractivity contribution in [2.45, 2.75) is 18.7 Å². The van der Waals surface area contributed by atoms with E-state index in [1.807, 2.05) is 0 Å². The quantitative estimate of drug-likeness (QED) is 0.584. The highest BCUT2D eigenvalue weighted by Gasteiger charge is 2.18. The van der Waals surface area contributed by atoms with E-state index in [4.69, 9.17) is 0 Å². The number of benzene rings is 1. The maximum Gasteiger partial charge on any atom is 0.123 e. The lowest BCUT2D eigenvalue weighted by atomic mass is 10.1. The number of hydrogen-bond donors (Lipinski definition) is 0. The molecule has 1 aromatic heterocycles. The molecule has 2 rings (SSSR count). The van der Waals surface area contributed by atoms with Crippen LogP contribution in [0.25, 0.3) is 0 Å². The van der Waals surface area contributed by atoms with Gasteiger partial charge < -0.3 is 0 Å². The van der Waals surface area contributed by atoms with Crippen LogP contribution >= 0.6 is 43.2 Å². The maximum atomic E-state index is 13.3. The third-order valence-electron chi connectivity index (χ3n) is 2.54. The van der Waals surface area contributed by atoms with Crippen molar-refractivity contribution in [2.24, 2.45) is 0 Å². The Morgan fingerprint density at radius 2 is 1.94 bits per heavy atom. The third-order valence-corrected chi connectivity index (χ3v) is 5.73. The SMILES string of the molecule is Cc1cc(C)c(C(Br)c2cc(F)ccc2Br)s1. The predicted octanol–water partition coefficient (Wildman–Crippen LogP) is 5.75. The number of halogens is 3. The van der Waals surface area contributed by atoms with Gasteiger partial charge in [0.05, 0.1) is 4.83 Å². The lowest BCUT2D eigenvalue weighted by Crippen LogP contribution is -1.94. The largest absolute Gasteiger partial charge is 0.207 e. The molecule has 2 aromatic rings. The second-order valence-electron chi connectivity index (χ2n) is 3.93. The van der Waals surface area contributed by atoms with Crippen LogP contribution in [-0.2, 0) is 0 Å². The zero-order valence-corrected chi connectivity index (χ0v) is 13.4. The molecule has 0 bridgehead atoms. The Labute approximate surface area is 121 Å². The monoisotopic (exact) mass is 376 g/mol. The fourth-order valence-electron chi connectivity index (χ4n) is 1.76. The van der Waals surface area contributed by atoms with E-state index >= 15 is 0 Å². The fourth-order valence-corrected chi connectivity index (χ4v) is 4.60. The summed E-state index contributed by atoms with van der Waals surface area (Å²) >= 11 is 8.87. The molecule has 1 aromatic carbocycles. The minimum atomic E-state index is -0.210. The maximum absolute atomic E-state index is 13.3. The average molecular weight is 378 g/mol. The topological polar surface area (TPSA) is 0 Å². The Morgan fingerprint density at radius 3 is 2.53 bits per heavy atom. The van der Waals surface area contributed by atoms with Gasteiger partial charge in [-0.1, -0.05) is 31.9 Å². The van der Waals surface area contributed by atoms with E-state index in [2.05, 4.69) is 51.8 Å². The van der Waals surface area contributed by atoms with Gasteiger partial charge in [0.2, 0.25) is 0 Å². The van der Waals surface area contributed by atoms with Crippen LogP contribution in [0.1, 0.15) is 25.7 Å². The molecular formula is C13H11Br2FS. The second kappa shape index (κ2) is 5.21. The minimum absolute atomic E-state index is 0.0336. The molecule has 4 heteroatoms. The summed E-state index contributed by atoms with van der Waals surface area (Å²) in [4.78, 5) is 2.54. The zero-order chi connectivity index (χ0) is 12.6. The van der Waals surface area contributed by atoms with Gasteiger partial charge in [0.1, 0.15) is 5.82 Å². The average Bonchev–Trinajstić information content (AvgIpc) is 2.60. The first kappa shape index (κ1) is 13.2. The lowest BCUT2D eigenvalue weighted by molar-refractivity contribution is 0.625. The van der Waals surface area contributed by atoms with Crippen molar-refractivity contribution in [1.82, 2.24) is 0 Å². The van der Waals surface area contributed by atoms with E-state index in [9.17, 15) is 4.39 Å². The van der Waals surface area contributed by atoms with Gasteiger partial charge in [-0.2, -0.15) is 0 Å². The number of alkyl halides is 1. The summed E-state index contributed by atoms with van der Waals surface area (Å²) < 4.78 is 14.2. The molecule has 0 radical (unpaired) electrons. The van der Waals surface area contributed by atoms with Crippen LogP contribution in [0.4, 0.5) is 4.39 Å². The number of rotatable bonds is 2. The molecule has 0 amide bonds. The van der Waals surface area contributed by atoms with Crippen molar-refractivity contribution in [3.63, 3.8) is 0 Å². The van der Waals surface area contributed by atoms with E-state index in [1.165, 1.54) is 21.4 Å². The first-order valence-electron chi connectivity index (χ1n) is 5.15. The molecule has 90 valence electrons. The van der Waals surface area contributed by atoms with Gasteiger partial charge in [-0.3, -0.25) is 0 Å². The molecule has 0 saturated carbocycles. The van der Waals surface area contributed by atoms with Crippen molar-refractivity contribution >= 4 is 43.2 Å². The van der Waals surface area contributed by atoms with E-state index < -0.39 is 0 Å². The Morgan fingerprint density at radius 1 is 1.24 bits per heavy atom.